The largest absolute Gasteiger partial charge is 0.324 e. The number of halogens is 1. The molecular weight excluding hydrogens is 309 g/mol. The van der Waals surface area contributed by atoms with Gasteiger partial charge in [0.05, 0.1) is 11.9 Å². The minimum Gasteiger partial charge on any atom is -0.324 e. The molecule has 24 heavy (non-hydrogen) atoms. The van der Waals surface area contributed by atoms with Crippen LogP contribution in [-0.4, -0.2) is 21.7 Å². The van der Waals surface area contributed by atoms with Gasteiger partial charge in [-0.3, -0.25) is 14.9 Å². The summed E-state index contributed by atoms with van der Waals surface area (Å²) in [5.74, 6) is -0.515. The molecule has 1 aliphatic rings. The number of carbonyl (C=O) groups excluding carboxylic acids is 2. The Morgan fingerprint density at radius 2 is 2.21 bits per heavy atom. The van der Waals surface area contributed by atoms with E-state index in [9.17, 15) is 14.0 Å². The number of para-hydroxylation sites is 1. The van der Waals surface area contributed by atoms with Crippen molar-refractivity contribution in [3.63, 3.8) is 0 Å². The standard InChI is InChI=1S/C18H16FN3O2/c1-11(23)14-7-4-8-15-17(14)22-18(20-15)21-16(24)10-12-5-2-3-6-13(19)9-12/h3-9H,2,10H2,1H3,(H2,20,21,22,24). The zero-order valence-corrected chi connectivity index (χ0v) is 13.1. The molecule has 122 valence electrons. The average molecular weight is 325 g/mol. The van der Waals surface area contributed by atoms with Gasteiger partial charge in [0.2, 0.25) is 11.9 Å². The number of hydrogen-bond acceptors (Lipinski definition) is 3. The van der Waals surface area contributed by atoms with Crippen LogP contribution in [0.3, 0.4) is 0 Å². The van der Waals surface area contributed by atoms with Gasteiger partial charge in [0.25, 0.3) is 0 Å². The Kier molecular flexibility index (Phi) is 4.37. The lowest BCUT2D eigenvalue weighted by Gasteiger charge is -2.02. The minimum absolute atomic E-state index is 0.0473. The lowest BCUT2D eigenvalue weighted by atomic mass is 10.1. The number of amides is 1. The van der Waals surface area contributed by atoms with Crippen molar-refractivity contribution in [2.24, 2.45) is 0 Å². The number of carbonyl (C=O) groups is 2. The van der Waals surface area contributed by atoms with Gasteiger partial charge in [0.1, 0.15) is 11.3 Å². The van der Waals surface area contributed by atoms with Crippen molar-refractivity contribution in [3.05, 3.63) is 59.5 Å². The highest BCUT2D eigenvalue weighted by atomic mass is 19.1. The van der Waals surface area contributed by atoms with Crippen LogP contribution >= 0.6 is 0 Å². The third-order valence-corrected chi connectivity index (χ3v) is 3.63. The van der Waals surface area contributed by atoms with Crippen LogP contribution in [0.1, 0.15) is 30.1 Å². The van der Waals surface area contributed by atoms with Gasteiger partial charge in [-0.2, -0.15) is 0 Å². The van der Waals surface area contributed by atoms with Crippen molar-refractivity contribution in [2.45, 2.75) is 19.8 Å². The van der Waals surface area contributed by atoms with Gasteiger partial charge in [-0.15, -0.1) is 0 Å². The van der Waals surface area contributed by atoms with E-state index in [4.69, 9.17) is 0 Å². The maximum atomic E-state index is 13.4. The van der Waals surface area contributed by atoms with Crippen LogP contribution in [0.4, 0.5) is 10.3 Å². The molecule has 0 radical (unpaired) electrons. The fourth-order valence-electron chi connectivity index (χ4n) is 2.54. The summed E-state index contributed by atoms with van der Waals surface area (Å²) in [4.78, 5) is 31.0. The van der Waals surface area contributed by atoms with Gasteiger partial charge >= 0.3 is 0 Å². The van der Waals surface area contributed by atoms with Gasteiger partial charge in [0.15, 0.2) is 5.78 Å². The number of aromatic nitrogens is 2. The monoisotopic (exact) mass is 325 g/mol. The molecule has 1 aromatic carbocycles. The number of anilines is 1. The summed E-state index contributed by atoms with van der Waals surface area (Å²) in [5, 5.41) is 2.65. The molecule has 0 atom stereocenters. The molecule has 2 N–H and O–H groups in total. The Labute approximate surface area is 138 Å². The van der Waals surface area contributed by atoms with Crippen LogP contribution in [0.5, 0.6) is 0 Å². The summed E-state index contributed by atoms with van der Waals surface area (Å²) >= 11 is 0. The molecule has 1 heterocycles. The van der Waals surface area contributed by atoms with Crippen LogP contribution in [0, 0.1) is 0 Å². The van der Waals surface area contributed by atoms with E-state index in [-0.39, 0.29) is 29.9 Å². The molecular formula is C18H16FN3O2. The maximum Gasteiger partial charge on any atom is 0.231 e. The van der Waals surface area contributed by atoms with E-state index in [2.05, 4.69) is 15.3 Å². The maximum absolute atomic E-state index is 13.4. The number of fused-ring (bicyclic) bond motifs is 1. The number of nitrogens with one attached hydrogen (secondary N) is 2. The van der Waals surface area contributed by atoms with E-state index in [1.54, 1.807) is 30.4 Å². The molecule has 5 nitrogen and oxygen atoms in total. The number of ketones is 1. The molecule has 3 rings (SSSR count). The van der Waals surface area contributed by atoms with Crippen molar-refractivity contribution < 1.29 is 14.0 Å². The van der Waals surface area contributed by atoms with E-state index < -0.39 is 0 Å². The molecule has 2 aromatic rings. The van der Waals surface area contributed by atoms with E-state index in [1.165, 1.54) is 19.1 Å². The number of H-pyrrole nitrogens is 1. The van der Waals surface area contributed by atoms with Crippen LogP contribution in [-0.2, 0) is 4.79 Å². The topological polar surface area (TPSA) is 74.8 Å². The fraction of sp³-hybridized carbons (Fsp3) is 0.167. The van der Waals surface area contributed by atoms with E-state index in [0.717, 1.165) is 0 Å². The zero-order chi connectivity index (χ0) is 17.1. The highest BCUT2D eigenvalue weighted by Crippen LogP contribution is 2.20. The number of rotatable bonds is 4. The van der Waals surface area contributed by atoms with Crippen molar-refractivity contribution in [1.29, 1.82) is 0 Å². The molecule has 0 aliphatic heterocycles. The fourth-order valence-corrected chi connectivity index (χ4v) is 2.54. The zero-order valence-electron chi connectivity index (χ0n) is 13.1. The Hall–Kier alpha value is -3.02. The Balaban J connectivity index is 1.76. The van der Waals surface area contributed by atoms with E-state index >= 15 is 0 Å². The number of hydrogen-bond donors (Lipinski definition) is 2. The number of benzene rings is 1. The SMILES string of the molecule is CC(=O)c1cccc2[nH]c(NC(=O)CC3=CCC=CC(F)=C3)nc12. The molecule has 0 bridgehead atoms. The molecule has 6 heteroatoms. The predicted molar refractivity (Wildman–Crippen MR) is 90.4 cm³/mol. The molecule has 0 saturated carbocycles. The lowest BCUT2D eigenvalue weighted by molar-refractivity contribution is -0.115. The minimum atomic E-state index is -0.374. The molecule has 1 amide bonds. The summed E-state index contributed by atoms with van der Waals surface area (Å²) in [6, 6.07) is 5.22. The van der Waals surface area contributed by atoms with E-state index in [1.807, 2.05) is 0 Å². The second kappa shape index (κ2) is 6.62. The van der Waals surface area contributed by atoms with Crippen molar-refractivity contribution in [2.75, 3.05) is 5.32 Å². The summed E-state index contributed by atoms with van der Waals surface area (Å²) in [7, 11) is 0. The van der Waals surface area contributed by atoms with Crippen molar-refractivity contribution in [1.82, 2.24) is 9.97 Å². The molecule has 0 fully saturated rings. The highest BCUT2D eigenvalue weighted by Gasteiger charge is 2.13. The second-order valence-electron chi connectivity index (χ2n) is 5.51. The second-order valence-corrected chi connectivity index (χ2v) is 5.51. The number of allylic oxidation sites excluding steroid dienone is 5. The van der Waals surface area contributed by atoms with Crippen molar-refractivity contribution in [3.8, 4) is 0 Å². The third kappa shape index (κ3) is 3.48. The molecule has 0 saturated heterocycles. The Morgan fingerprint density at radius 3 is 3.00 bits per heavy atom. The number of imidazole rings is 1. The van der Waals surface area contributed by atoms with Crippen LogP contribution in [0.25, 0.3) is 11.0 Å². The van der Waals surface area contributed by atoms with Gasteiger partial charge in [-0.25, -0.2) is 9.37 Å². The van der Waals surface area contributed by atoms with Gasteiger partial charge in [0, 0.05) is 5.56 Å². The van der Waals surface area contributed by atoms with Gasteiger partial charge in [-0.05, 0) is 43.2 Å². The first-order chi connectivity index (χ1) is 11.5. The van der Waals surface area contributed by atoms with Gasteiger partial charge < -0.3 is 4.98 Å². The number of Topliss-reactive ketones (excluding diaryl/α,β-unsaturated/α-hetero) is 1. The first kappa shape index (κ1) is 15.9. The normalized spacial score (nSPS) is 14.1. The summed E-state index contributed by atoms with van der Waals surface area (Å²) < 4.78 is 13.4. The van der Waals surface area contributed by atoms with Gasteiger partial charge in [-0.1, -0.05) is 18.2 Å². The molecule has 0 unspecified atom stereocenters. The Bertz CT molecular complexity index is 906. The first-order valence-corrected chi connectivity index (χ1v) is 7.55. The molecule has 1 aliphatic carbocycles. The number of aromatic amines is 1. The van der Waals surface area contributed by atoms with Crippen LogP contribution < -0.4 is 5.32 Å². The third-order valence-electron chi connectivity index (χ3n) is 3.63. The smallest absolute Gasteiger partial charge is 0.231 e. The van der Waals surface area contributed by atoms with Crippen LogP contribution in [0.2, 0.25) is 0 Å². The van der Waals surface area contributed by atoms with Crippen LogP contribution in [0.15, 0.2) is 53.9 Å². The molecule has 1 aromatic heterocycles. The predicted octanol–water partition coefficient (Wildman–Crippen LogP) is 3.83. The lowest BCUT2D eigenvalue weighted by Crippen LogP contribution is -2.13. The Morgan fingerprint density at radius 1 is 1.38 bits per heavy atom. The van der Waals surface area contributed by atoms with E-state index in [0.29, 0.717) is 28.6 Å². The first-order valence-electron chi connectivity index (χ1n) is 7.55. The highest BCUT2D eigenvalue weighted by molar-refractivity contribution is 6.05. The molecule has 0 spiro atoms. The summed E-state index contributed by atoms with van der Waals surface area (Å²) in [6.45, 7) is 1.47. The average Bonchev–Trinajstić information content (AvgIpc) is 2.81. The quantitative estimate of drug-likeness (QED) is 0.839. The summed E-state index contributed by atoms with van der Waals surface area (Å²) in [6.07, 6.45) is 6.85. The number of nitrogens with zero attached hydrogens (tertiary/aromatic N) is 1. The summed E-state index contributed by atoms with van der Waals surface area (Å²) in [5.41, 5.74) is 2.29. The van der Waals surface area contributed by atoms with Crippen molar-refractivity contribution >= 4 is 28.7 Å².